The monoisotopic (exact) mass is 477 g/mol. The van der Waals surface area contributed by atoms with E-state index in [1.54, 1.807) is 4.90 Å². The zero-order valence-corrected chi connectivity index (χ0v) is 19.8. The predicted octanol–water partition coefficient (Wildman–Crippen LogP) is 3.48. The van der Waals surface area contributed by atoms with Crippen LogP contribution in [-0.2, 0) is 19.4 Å². The second kappa shape index (κ2) is 8.22. The molecule has 166 valence electrons. The Morgan fingerprint density at radius 1 is 1.03 bits per heavy atom. The molecule has 0 saturated carbocycles. The number of para-hydroxylation sites is 2. The van der Waals surface area contributed by atoms with Gasteiger partial charge in [0.1, 0.15) is 55.4 Å². The standard InChI is InChI=1S/C26H23Cl2N5/c27-21-9-8-17(14-22(21)28)16-31-10-12-32(13-11-31)26-19-5-3-4-18(19)20(15-29)25-30-23-6-1-2-7-24(23)33(25)26/h1-2,6-9,14H,3-5,10-13,16H2/p+2. The highest BCUT2D eigenvalue weighted by Crippen LogP contribution is 2.34. The maximum atomic E-state index is 10.0. The molecule has 1 aliphatic heterocycles. The molecule has 1 fully saturated rings. The number of benzene rings is 2. The van der Waals surface area contributed by atoms with Gasteiger partial charge in [-0.3, -0.25) is 9.88 Å². The van der Waals surface area contributed by atoms with Crippen LogP contribution in [0.1, 0.15) is 28.7 Å². The molecule has 7 heteroatoms. The lowest BCUT2D eigenvalue weighted by atomic mass is 10.0. The molecule has 0 amide bonds. The summed E-state index contributed by atoms with van der Waals surface area (Å²) in [5.41, 5.74) is 7.78. The SMILES string of the molecule is N#Cc1c2c(c(N3CC[NH+](Cc4ccc(Cl)c(Cl)c4)CC3)[n+]3c1[nH]c1ccccc13)CCC2. The number of halogens is 2. The third-order valence-electron chi connectivity index (χ3n) is 7.18. The van der Waals surface area contributed by atoms with E-state index in [2.05, 4.69) is 44.6 Å². The van der Waals surface area contributed by atoms with Crippen LogP contribution in [0.2, 0.25) is 10.0 Å². The lowest BCUT2D eigenvalue weighted by Gasteiger charge is -2.31. The molecule has 2 aliphatic rings. The number of hydrogen-bond donors (Lipinski definition) is 2. The molecule has 6 rings (SSSR count). The van der Waals surface area contributed by atoms with Crippen molar-refractivity contribution in [2.24, 2.45) is 0 Å². The molecule has 2 aromatic carbocycles. The largest absolute Gasteiger partial charge is 0.326 e. The molecule has 1 saturated heterocycles. The Bertz CT molecular complexity index is 1430. The average molecular weight is 478 g/mol. The van der Waals surface area contributed by atoms with Crippen molar-refractivity contribution in [3.05, 3.63) is 74.8 Å². The topological polar surface area (TPSA) is 51.4 Å². The highest BCUT2D eigenvalue weighted by molar-refractivity contribution is 6.42. The first kappa shape index (κ1) is 20.8. The molecule has 5 nitrogen and oxygen atoms in total. The number of nitriles is 1. The van der Waals surface area contributed by atoms with Gasteiger partial charge in [0.25, 0.3) is 0 Å². The zero-order chi connectivity index (χ0) is 22.5. The molecule has 0 radical (unpaired) electrons. The molecule has 0 atom stereocenters. The van der Waals surface area contributed by atoms with Gasteiger partial charge >= 0.3 is 0 Å². The minimum atomic E-state index is 0.606. The molecular weight excluding hydrogens is 453 g/mol. The van der Waals surface area contributed by atoms with E-state index in [9.17, 15) is 5.26 Å². The molecule has 0 unspecified atom stereocenters. The Morgan fingerprint density at radius 2 is 1.82 bits per heavy atom. The third kappa shape index (κ3) is 3.45. The van der Waals surface area contributed by atoms with Crippen LogP contribution in [0.5, 0.6) is 0 Å². The van der Waals surface area contributed by atoms with Crippen LogP contribution in [0.4, 0.5) is 5.82 Å². The summed E-state index contributed by atoms with van der Waals surface area (Å²) >= 11 is 12.3. The summed E-state index contributed by atoms with van der Waals surface area (Å²) in [5, 5.41) is 11.2. The summed E-state index contributed by atoms with van der Waals surface area (Å²) in [4.78, 5) is 7.63. The Hall–Kier alpha value is -2.78. The number of aromatic nitrogens is 2. The Balaban J connectivity index is 1.36. The van der Waals surface area contributed by atoms with E-state index in [1.807, 2.05) is 18.2 Å². The molecule has 0 spiro atoms. The molecule has 2 N–H and O–H groups in total. The van der Waals surface area contributed by atoms with Gasteiger partial charge in [0.2, 0.25) is 11.5 Å². The van der Waals surface area contributed by atoms with Crippen LogP contribution in [0.15, 0.2) is 42.5 Å². The van der Waals surface area contributed by atoms with E-state index in [0.29, 0.717) is 10.0 Å². The normalized spacial score (nSPS) is 16.5. The van der Waals surface area contributed by atoms with Crippen molar-refractivity contribution in [2.45, 2.75) is 25.8 Å². The molecule has 4 aromatic rings. The molecule has 0 bridgehead atoms. The number of pyridine rings is 1. The molecule has 2 aromatic heterocycles. The third-order valence-corrected chi connectivity index (χ3v) is 7.92. The number of anilines is 1. The molecular formula is C26H25Cl2N5+2. The first-order valence-corrected chi connectivity index (χ1v) is 12.3. The van der Waals surface area contributed by atoms with Crippen molar-refractivity contribution in [1.29, 1.82) is 5.26 Å². The maximum absolute atomic E-state index is 10.0. The minimum absolute atomic E-state index is 0.606. The van der Waals surface area contributed by atoms with Crippen molar-refractivity contribution < 1.29 is 9.30 Å². The number of imidazole rings is 1. The number of nitrogens with one attached hydrogen (secondary N) is 2. The van der Waals surface area contributed by atoms with Gasteiger partial charge in [0.05, 0.1) is 10.0 Å². The Morgan fingerprint density at radius 3 is 2.61 bits per heavy atom. The number of H-pyrrole nitrogens is 1. The number of piperazine rings is 1. The summed E-state index contributed by atoms with van der Waals surface area (Å²) in [6.07, 6.45) is 3.14. The zero-order valence-electron chi connectivity index (χ0n) is 18.3. The van der Waals surface area contributed by atoms with E-state index < -0.39 is 0 Å². The fourth-order valence-electron chi connectivity index (χ4n) is 5.62. The molecule has 33 heavy (non-hydrogen) atoms. The van der Waals surface area contributed by atoms with E-state index >= 15 is 0 Å². The summed E-state index contributed by atoms with van der Waals surface area (Å²) < 4.78 is 2.31. The highest BCUT2D eigenvalue weighted by Gasteiger charge is 2.35. The van der Waals surface area contributed by atoms with E-state index in [-0.39, 0.29) is 0 Å². The first-order valence-electron chi connectivity index (χ1n) is 11.6. The van der Waals surface area contributed by atoms with Gasteiger partial charge in [-0.1, -0.05) is 41.4 Å². The molecule has 1 aliphatic carbocycles. The van der Waals surface area contributed by atoms with Gasteiger partial charge in [-0.15, -0.1) is 0 Å². The van der Waals surface area contributed by atoms with Gasteiger partial charge in [0.15, 0.2) is 0 Å². The van der Waals surface area contributed by atoms with Crippen LogP contribution in [0.3, 0.4) is 0 Å². The summed E-state index contributed by atoms with van der Waals surface area (Å²) in [7, 11) is 0. The average Bonchev–Trinajstić information content (AvgIpc) is 3.46. The van der Waals surface area contributed by atoms with E-state index in [4.69, 9.17) is 23.2 Å². The Kier molecular flexibility index (Phi) is 5.18. The fraction of sp³-hybridized carbons (Fsp3) is 0.308. The van der Waals surface area contributed by atoms with Crippen molar-refractivity contribution >= 4 is 45.7 Å². The lowest BCUT2D eigenvalue weighted by Crippen LogP contribution is -3.13. The second-order valence-corrected chi connectivity index (χ2v) is 9.92. The predicted molar refractivity (Wildman–Crippen MR) is 131 cm³/mol. The number of rotatable bonds is 3. The van der Waals surface area contributed by atoms with Gasteiger partial charge in [0, 0.05) is 11.1 Å². The van der Waals surface area contributed by atoms with Crippen LogP contribution in [0.25, 0.3) is 16.7 Å². The summed E-state index contributed by atoms with van der Waals surface area (Å²) in [5.74, 6) is 1.28. The Labute approximate surface area is 202 Å². The van der Waals surface area contributed by atoms with Crippen LogP contribution >= 0.6 is 23.2 Å². The van der Waals surface area contributed by atoms with Crippen molar-refractivity contribution in [2.75, 3.05) is 31.1 Å². The molecule has 3 heterocycles. The van der Waals surface area contributed by atoms with Gasteiger partial charge < -0.3 is 4.90 Å². The smallest absolute Gasteiger partial charge is 0.250 e. The minimum Gasteiger partial charge on any atom is -0.326 e. The van der Waals surface area contributed by atoms with Gasteiger partial charge in [-0.05, 0) is 49.1 Å². The van der Waals surface area contributed by atoms with Crippen molar-refractivity contribution in [1.82, 2.24) is 4.98 Å². The number of aromatic amines is 1. The summed E-state index contributed by atoms with van der Waals surface area (Å²) in [6, 6.07) is 16.8. The van der Waals surface area contributed by atoms with Crippen LogP contribution in [-0.4, -0.2) is 31.2 Å². The first-order chi connectivity index (χ1) is 16.1. The number of quaternary nitrogens is 1. The van der Waals surface area contributed by atoms with E-state index in [1.165, 1.54) is 22.5 Å². The number of hydrogen-bond acceptors (Lipinski definition) is 2. The quantitative estimate of drug-likeness (QED) is 0.443. The van der Waals surface area contributed by atoms with Crippen molar-refractivity contribution in [3.63, 3.8) is 0 Å². The number of nitrogens with zero attached hydrogens (tertiary/aromatic N) is 3. The van der Waals surface area contributed by atoms with E-state index in [0.717, 1.165) is 74.2 Å². The highest BCUT2D eigenvalue weighted by atomic mass is 35.5. The van der Waals surface area contributed by atoms with Crippen LogP contribution < -0.4 is 14.2 Å². The lowest BCUT2D eigenvalue weighted by molar-refractivity contribution is -0.914. The van der Waals surface area contributed by atoms with Crippen LogP contribution in [0, 0.1) is 11.3 Å². The summed E-state index contributed by atoms with van der Waals surface area (Å²) in [6.45, 7) is 5.03. The van der Waals surface area contributed by atoms with Crippen molar-refractivity contribution in [3.8, 4) is 6.07 Å². The second-order valence-electron chi connectivity index (χ2n) is 9.11. The van der Waals surface area contributed by atoms with Gasteiger partial charge in [-0.2, -0.15) is 9.66 Å². The number of fused-ring (bicyclic) bond motifs is 4. The fourth-order valence-corrected chi connectivity index (χ4v) is 5.94. The van der Waals surface area contributed by atoms with Gasteiger partial charge in [-0.25, -0.2) is 0 Å². The maximum Gasteiger partial charge on any atom is 0.250 e.